The quantitative estimate of drug-likeness (QED) is 0.279. The Morgan fingerprint density at radius 2 is 1.86 bits per heavy atom. The first-order valence-electron chi connectivity index (χ1n) is 14.7. The summed E-state index contributed by atoms with van der Waals surface area (Å²) in [6, 6.07) is 13.5. The van der Waals surface area contributed by atoms with Crippen LogP contribution in [0.3, 0.4) is 0 Å². The summed E-state index contributed by atoms with van der Waals surface area (Å²) in [5.74, 6) is 1.34. The summed E-state index contributed by atoms with van der Waals surface area (Å²) in [6.07, 6.45) is 1.57. The van der Waals surface area contributed by atoms with Gasteiger partial charge in [-0.05, 0) is 88.1 Å². The zero-order valence-corrected chi connectivity index (χ0v) is 25.7. The van der Waals surface area contributed by atoms with Crippen LogP contribution in [-0.4, -0.2) is 50.3 Å². The number of ether oxygens (including phenoxy) is 1. The highest BCUT2D eigenvalue weighted by Crippen LogP contribution is 2.29. The molecule has 0 aliphatic carbocycles. The normalized spacial score (nSPS) is 13.5. The SMILES string of the molecule is CCOc1ccc(-n2c([C@@H](C)N(Cc3cc(C)nn3C)C(=O)Cc3ccc(F)c(C)c3)nc3c(c2=O)CCCN3C)cc1. The van der Waals surface area contributed by atoms with Gasteiger partial charge in [0.25, 0.3) is 5.56 Å². The van der Waals surface area contributed by atoms with Gasteiger partial charge in [0.1, 0.15) is 23.2 Å². The molecule has 2 aromatic carbocycles. The summed E-state index contributed by atoms with van der Waals surface area (Å²) in [7, 11) is 3.79. The summed E-state index contributed by atoms with van der Waals surface area (Å²) in [5, 5.41) is 4.48. The number of aryl methyl sites for hydroxylation is 3. The molecule has 4 aromatic rings. The van der Waals surface area contributed by atoms with Crippen LogP contribution in [0.4, 0.5) is 10.2 Å². The van der Waals surface area contributed by atoms with Crippen LogP contribution >= 0.6 is 0 Å². The van der Waals surface area contributed by atoms with Gasteiger partial charge in [-0.15, -0.1) is 0 Å². The molecule has 2 aromatic heterocycles. The second-order valence-corrected chi connectivity index (χ2v) is 11.2. The number of fused-ring (bicyclic) bond motifs is 1. The monoisotopic (exact) mass is 586 g/mol. The van der Waals surface area contributed by atoms with E-state index < -0.39 is 6.04 Å². The molecule has 0 fully saturated rings. The number of anilines is 1. The Morgan fingerprint density at radius 1 is 1.12 bits per heavy atom. The summed E-state index contributed by atoms with van der Waals surface area (Å²) in [6.45, 7) is 9.00. The van der Waals surface area contributed by atoms with Gasteiger partial charge in [0.15, 0.2) is 0 Å². The van der Waals surface area contributed by atoms with Crippen molar-refractivity contribution in [2.24, 2.45) is 7.05 Å². The van der Waals surface area contributed by atoms with Crippen LogP contribution in [0.5, 0.6) is 5.75 Å². The molecule has 43 heavy (non-hydrogen) atoms. The number of carbonyl (C=O) groups is 1. The van der Waals surface area contributed by atoms with Gasteiger partial charge in [0.05, 0.1) is 48.3 Å². The fraction of sp³-hybridized carbons (Fsp3) is 0.394. The number of hydrogen-bond acceptors (Lipinski definition) is 6. The molecule has 3 heterocycles. The molecule has 0 unspecified atom stereocenters. The van der Waals surface area contributed by atoms with Crippen molar-refractivity contribution in [3.05, 3.63) is 98.6 Å². The van der Waals surface area contributed by atoms with E-state index in [9.17, 15) is 14.0 Å². The summed E-state index contributed by atoms with van der Waals surface area (Å²) in [5.41, 5.74) is 4.06. The van der Waals surface area contributed by atoms with Crippen molar-refractivity contribution in [3.8, 4) is 11.4 Å². The third-order valence-electron chi connectivity index (χ3n) is 8.04. The molecule has 1 aliphatic heterocycles. The fourth-order valence-corrected chi connectivity index (χ4v) is 5.74. The van der Waals surface area contributed by atoms with Gasteiger partial charge in [0, 0.05) is 20.6 Å². The first-order valence-corrected chi connectivity index (χ1v) is 14.7. The topological polar surface area (TPSA) is 85.5 Å². The Morgan fingerprint density at radius 3 is 2.51 bits per heavy atom. The third-order valence-corrected chi connectivity index (χ3v) is 8.04. The van der Waals surface area contributed by atoms with Crippen molar-refractivity contribution in [1.82, 2.24) is 24.2 Å². The van der Waals surface area contributed by atoms with E-state index in [4.69, 9.17) is 9.72 Å². The Hall–Kier alpha value is -4.47. The van der Waals surface area contributed by atoms with Gasteiger partial charge in [-0.2, -0.15) is 5.10 Å². The molecule has 0 radical (unpaired) electrons. The molecule has 9 nitrogen and oxygen atoms in total. The van der Waals surface area contributed by atoms with Crippen molar-refractivity contribution in [1.29, 1.82) is 0 Å². The molecular weight excluding hydrogens is 547 g/mol. The minimum Gasteiger partial charge on any atom is -0.494 e. The first-order chi connectivity index (χ1) is 20.6. The molecule has 0 N–H and O–H groups in total. The fourth-order valence-electron chi connectivity index (χ4n) is 5.74. The van der Waals surface area contributed by atoms with Crippen molar-refractivity contribution < 1.29 is 13.9 Å². The maximum atomic E-state index is 14.2. The van der Waals surface area contributed by atoms with Crippen LogP contribution < -0.4 is 15.2 Å². The van der Waals surface area contributed by atoms with E-state index in [0.717, 1.165) is 24.4 Å². The zero-order chi connectivity index (χ0) is 30.8. The smallest absolute Gasteiger partial charge is 0.263 e. The molecule has 1 amide bonds. The van der Waals surface area contributed by atoms with E-state index in [2.05, 4.69) is 5.10 Å². The predicted octanol–water partition coefficient (Wildman–Crippen LogP) is 4.84. The molecule has 0 saturated carbocycles. The molecule has 10 heteroatoms. The van der Waals surface area contributed by atoms with E-state index >= 15 is 0 Å². The van der Waals surface area contributed by atoms with Crippen LogP contribution in [0.2, 0.25) is 0 Å². The average molecular weight is 587 g/mol. The molecule has 5 rings (SSSR count). The average Bonchev–Trinajstić information content (AvgIpc) is 3.30. The number of halogens is 1. The second kappa shape index (κ2) is 12.4. The number of nitrogens with zero attached hydrogens (tertiary/aromatic N) is 6. The van der Waals surface area contributed by atoms with Gasteiger partial charge < -0.3 is 14.5 Å². The van der Waals surface area contributed by atoms with Crippen LogP contribution in [0.15, 0.2) is 53.3 Å². The van der Waals surface area contributed by atoms with Crippen molar-refractivity contribution >= 4 is 11.7 Å². The van der Waals surface area contributed by atoms with Gasteiger partial charge >= 0.3 is 0 Å². The number of aromatic nitrogens is 4. The van der Waals surface area contributed by atoms with E-state index in [1.165, 1.54) is 6.07 Å². The van der Waals surface area contributed by atoms with Crippen LogP contribution in [-0.2, 0) is 31.2 Å². The summed E-state index contributed by atoms with van der Waals surface area (Å²) >= 11 is 0. The van der Waals surface area contributed by atoms with Gasteiger partial charge in [0.2, 0.25) is 5.91 Å². The standard InChI is InChI=1S/C33H39FN6O3/c1-7-43-27-13-11-25(12-14-27)40-31(35-32-28(33(40)42)9-8-16-37(32)5)23(4)39(20-26-18-22(3)36-38(26)6)30(41)19-24-10-15-29(34)21(2)17-24/h10-15,17-18,23H,7-9,16,19-20H2,1-6H3/t23-/m1/s1. The van der Waals surface area contributed by atoms with Crippen LogP contribution in [0, 0.1) is 19.7 Å². The largest absolute Gasteiger partial charge is 0.494 e. The Bertz CT molecular complexity index is 1690. The zero-order valence-electron chi connectivity index (χ0n) is 25.7. The molecule has 0 bridgehead atoms. The van der Waals surface area contributed by atoms with Crippen LogP contribution in [0.25, 0.3) is 5.69 Å². The van der Waals surface area contributed by atoms with Crippen molar-refractivity contribution in [2.45, 2.75) is 59.5 Å². The molecular formula is C33H39FN6O3. The van der Waals surface area contributed by atoms with Crippen molar-refractivity contribution in [2.75, 3.05) is 25.1 Å². The highest BCUT2D eigenvalue weighted by Gasteiger charge is 2.31. The highest BCUT2D eigenvalue weighted by molar-refractivity contribution is 5.79. The predicted molar refractivity (Wildman–Crippen MR) is 164 cm³/mol. The summed E-state index contributed by atoms with van der Waals surface area (Å²) in [4.78, 5) is 37.1. The van der Waals surface area contributed by atoms with E-state index in [1.54, 1.807) is 33.2 Å². The molecule has 0 saturated heterocycles. The van der Waals surface area contributed by atoms with E-state index in [-0.39, 0.29) is 30.2 Å². The number of benzene rings is 2. The lowest BCUT2D eigenvalue weighted by Gasteiger charge is -2.33. The second-order valence-electron chi connectivity index (χ2n) is 11.2. The highest BCUT2D eigenvalue weighted by atomic mass is 19.1. The van der Waals surface area contributed by atoms with Gasteiger partial charge in [-0.25, -0.2) is 9.37 Å². The minimum atomic E-state index is -0.593. The maximum Gasteiger partial charge on any atom is 0.263 e. The lowest BCUT2D eigenvalue weighted by atomic mass is 10.1. The minimum absolute atomic E-state index is 0.0699. The van der Waals surface area contributed by atoms with E-state index in [1.807, 2.05) is 70.1 Å². The number of amides is 1. The third kappa shape index (κ3) is 6.18. The molecule has 0 spiro atoms. The Balaban J connectivity index is 1.63. The molecule has 1 aliphatic rings. The lowest BCUT2D eigenvalue weighted by Crippen LogP contribution is -2.41. The number of carbonyl (C=O) groups excluding carboxylic acids is 1. The van der Waals surface area contributed by atoms with Gasteiger partial charge in [-0.3, -0.25) is 18.8 Å². The first kappa shape index (κ1) is 30.0. The number of rotatable bonds is 9. The Labute approximate surface area is 251 Å². The van der Waals surface area contributed by atoms with Crippen LogP contribution in [0.1, 0.15) is 60.2 Å². The van der Waals surface area contributed by atoms with Crippen molar-refractivity contribution in [3.63, 3.8) is 0 Å². The van der Waals surface area contributed by atoms with Gasteiger partial charge in [-0.1, -0.05) is 12.1 Å². The Kier molecular flexibility index (Phi) is 8.66. The molecule has 1 atom stereocenters. The summed E-state index contributed by atoms with van der Waals surface area (Å²) < 4.78 is 23.0. The van der Waals surface area contributed by atoms with E-state index in [0.29, 0.717) is 52.8 Å². The molecule has 226 valence electrons. The number of hydrogen-bond donors (Lipinski definition) is 0. The maximum absolute atomic E-state index is 14.2. The lowest BCUT2D eigenvalue weighted by molar-refractivity contribution is -0.133.